The zero-order valence-electron chi connectivity index (χ0n) is 13.6. The molecule has 1 aliphatic carbocycles. The van der Waals surface area contributed by atoms with Crippen LogP contribution in [0.4, 0.5) is 0 Å². The van der Waals surface area contributed by atoms with Crippen LogP contribution in [0.25, 0.3) is 10.6 Å². The third-order valence-electron chi connectivity index (χ3n) is 4.63. The molecule has 2 unspecified atom stereocenters. The Morgan fingerprint density at radius 1 is 1.32 bits per heavy atom. The van der Waals surface area contributed by atoms with Gasteiger partial charge >= 0.3 is 0 Å². The van der Waals surface area contributed by atoms with Crippen LogP contribution in [0, 0.1) is 5.92 Å². The summed E-state index contributed by atoms with van der Waals surface area (Å²) in [4.78, 5) is 17.5. The highest BCUT2D eigenvalue weighted by molar-refractivity contribution is 7.16. The molecule has 1 aromatic carbocycles. The number of benzene rings is 1. The van der Waals surface area contributed by atoms with Gasteiger partial charge in [0.25, 0.3) is 5.91 Å². The normalized spacial score (nSPS) is 21.0. The summed E-state index contributed by atoms with van der Waals surface area (Å²) in [6.07, 6.45) is 4.85. The first-order valence-electron chi connectivity index (χ1n) is 8.11. The molecular formula is C17H20ClN3O3S. The average molecular weight is 382 g/mol. The number of carbonyl (C=O) groups is 1. The molecule has 1 saturated carbocycles. The summed E-state index contributed by atoms with van der Waals surface area (Å²) < 4.78 is 10.7. The maximum absolute atomic E-state index is 12.5. The number of hydrogen-bond donors (Lipinski definition) is 2. The summed E-state index contributed by atoms with van der Waals surface area (Å²) in [5, 5.41) is 3.90. The van der Waals surface area contributed by atoms with E-state index in [-0.39, 0.29) is 31.1 Å². The predicted octanol–water partition coefficient (Wildman–Crippen LogP) is 2.82. The van der Waals surface area contributed by atoms with Crippen molar-refractivity contribution in [2.75, 3.05) is 13.3 Å². The van der Waals surface area contributed by atoms with Crippen molar-refractivity contribution in [1.82, 2.24) is 10.3 Å². The first kappa shape index (κ1) is 18.0. The van der Waals surface area contributed by atoms with Crippen molar-refractivity contribution in [1.29, 1.82) is 0 Å². The first-order valence-corrected chi connectivity index (χ1v) is 8.93. The number of amides is 1. The van der Waals surface area contributed by atoms with Crippen molar-refractivity contribution < 1.29 is 14.3 Å². The largest absolute Gasteiger partial charge is 0.454 e. The summed E-state index contributed by atoms with van der Waals surface area (Å²) in [6.45, 7) is 0.865. The van der Waals surface area contributed by atoms with Crippen LogP contribution in [-0.2, 0) is 0 Å². The van der Waals surface area contributed by atoms with Crippen LogP contribution >= 0.6 is 23.7 Å². The van der Waals surface area contributed by atoms with Crippen LogP contribution in [0.15, 0.2) is 24.4 Å². The minimum atomic E-state index is -0.0650. The number of nitrogens with zero attached hydrogens (tertiary/aromatic N) is 1. The second kappa shape index (κ2) is 7.59. The second-order valence-electron chi connectivity index (χ2n) is 6.10. The lowest BCUT2D eigenvalue weighted by Gasteiger charge is -2.18. The lowest BCUT2D eigenvalue weighted by molar-refractivity contribution is 0.0932. The fraction of sp³-hybridized carbons (Fsp3) is 0.412. The Kier molecular flexibility index (Phi) is 5.46. The number of nitrogens with two attached hydrogens (primary N) is 1. The fourth-order valence-corrected chi connectivity index (χ4v) is 4.11. The highest BCUT2D eigenvalue weighted by Crippen LogP contribution is 2.37. The van der Waals surface area contributed by atoms with E-state index in [2.05, 4.69) is 10.3 Å². The zero-order valence-corrected chi connectivity index (χ0v) is 15.2. The number of rotatable bonds is 4. The molecule has 8 heteroatoms. The zero-order chi connectivity index (χ0) is 16.5. The SMILES string of the molecule is Cl.NCC1CCCC1NC(=O)c1cnc(-c2ccc3c(c2)OCO3)s1. The van der Waals surface area contributed by atoms with Crippen molar-refractivity contribution in [3.05, 3.63) is 29.3 Å². The summed E-state index contributed by atoms with van der Waals surface area (Å²) in [5.41, 5.74) is 6.70. The van der Waals surface area contributed by atoms with Crippen LogP contribution in [-0.4, -0.2) is 30.3 Å². The van der Waals surface area contributed by atoms with E-state index in [1.165, 1.54) is 11.3 Å². The average Bonchev–Trinajstić information content (AvgIpc) is 3.33. The van der Waals surface area contributed by atoms with Gasteiger partial charge in [0.1, 0.15) is 9.88 Å². The number of ether oxygens (including phenoxy) is 2. The van der Waals surface area contributed by atoms with Gasteiger partial charge in [0, 0.05) is 11.6 Å². The first-order chi connectivity index (χ1) is 11.7. The van der Waals surface area contributed by atoms with Crippen LogP contribution in [0.1, 0.15) is 28.9 Å². The summed E-state index contributed by atoms with van der Waals surface area (Å²) in [7, 11) is 0. The second-order valence-corrected chi connectivity index (χ2v) is 7.13. The van der Waals surface area contributed by atoms with E-state index in [1.807, 2.05) is 18.2 Å². The van der Waals surface area contributed by atoms with Crippen molar-refractivity contribution in [2.24, 2.45) is 11.7 Å². The third-order valence-corrected chi connectivity index (χ3v) is 5.67. The van der Waals surface area contributed by atoms with E-state index in [0.717, 1.165) is 35.6 Å². The predicted molar refractivity (Wildman–Crippen MR) is 98.6 cm³/mol. The van der Waals surface area contributed by atoms with Crippen molar-refractivity contribution in [3.8, 4) is 22.1 Å². The molecule has 6 nitrogen and oxygen atoms in total. The molecule has 2 aliphatic rings. The monoisotopic (exact) mass is 381 g/mol. The fourth-order valence-electron chi connectivity index (χ4n) is 3.29. The van der Waals surface area contributed by atoms with Crippen LogP contribution in [0.3, 0.4) is 0 Å². The number of halogens is 1. The Morgan fingerprint density at radius 3 is 3.00 bits per heavy atom. The molecule has 1 aromatic heterocycles. The van der Waals surface area contributed by atoms with Gasteiger partial charge < -0.3 is 20.5 Å². The molecular weight excluding hydrogens is 362 g/mol. The molecule has 0 saturated heterocycles. The highest BCUT2D eigenvalue weighted by Gasteiger charge is 2.28. The maximum atomic E-state index is 12.5. The van der Waals surface area contributed by atoms with Gasteiger partial charge in [0.2, 0.25) is 6.79 Å². The number of nitrogens with one attached hydrogen (secondary N) is 1. The van der Waals surface area contributed by atoms with Gasteiger partial charge in [-0.2, -0.15) is 0 Å². The Morgan fingerprint density at radius 2 is 2.16 bits per heavy atom. The molecule has 1 aliphatic heterocycles. The maximum Gasteiger partial charge on any atom is 0.263 e. The van der Waals surface area contributed by atoms with E-state index in [0.29, 0.717) is 23.1 Å². The number of carbonyl (C=O) groups excluding carboxylic acids is 1. The van der Waals surface area contributed by atoms with Gasteiger partial charge in [-0.3, -0.25) is 4.79 Å². The van der Waals surface area contributed by atoms with E-state index < -0.39 is 0 Å². The molecule has 134 valence electrons. The van der Waals surface area contributed by atoms with E-state index >= 15 is 0 Å². The molecule has 0 radical (unpaired) electrons. The van der Waals surface area contributed by atoms with Gasteiger partial charge in [0.15, 0.2) is 11.5 Å². The smallest absolute Gasteiger partial charge is 0.263 e. The van der Waals surface area contributed by atoms with Crippen molar-refractivity contribution in [3.63, 3.8) is 0 Å². The topological polar surface area (TPSA) is 86.5 Å². The lowest BCUT2D eigenvalue weighted by Crippen LogP contribution is -2.39. The van der Waals surface area contributed by atoms with Crippen molar-refractivity contribution >= 4 is 29.7 Å². The third kappa shape index (κ3) is 3.58. The number of fused-ring (bicyclic) bond motifs is 1. The lowest BCUT2D eigenvalue weighted by atomic mass is 10.0. The minimum Gasteiger partial charge on any atom is -0.454 e. The molecule has 4 rings (SSSR count). The van der Waals surface area contributed by atoms with Crippen LogP contribution < -0.4 is 20.5 Å². The van der Waals surface area contributed by atoms with Gasteiger partial charge in [-0.15, -0.1) is 23.7 Å². The quantitative estimate of drug-likeness (QED) is 0.850. The summed E-state index contributed by atoms with van der Waals surface area (Å²) in [5.74, 6) is 1.77. The Labute approximate surface area is 156 Å². The molecule has 0 bridgehead atoms. The molecule has 2 aromatic rings. The molecule has 0 spiro atoms. The number of thiazole rings is 1. The molecule has 2 heterocycles. The summed E-state index contributed by atoms with van der Waals surface area (Å²) >= 11 is 1.38. The molecule has 1 fully saturated rings. The van der Waals surface area contributed by atoms with E-state index in [1.54, 1.807) is 6.20 Å². The number of aromatic nitrogens is 1. The minimum absolute atomic E-state index is 0. The Bertz CT molecular complexity index is 767. The Hall–Kier alpha value is -1.83. The Balaban J connectivity index is 0.00000182. The van der Waals surface area contributed by atoms with Gasteiger partial charge in [-0.05, 0) is 43.5 Å². The molecule has 1 amide bonds. The molecule has 25 heavy (non-hydrogen) atoms. The van der Waals surface area contributed by atoms with E-state index in [4.69, 9.17) is 15.2 Å². The van der Waals surface area contributed by atoms with Gasteiger partial charge in [-0.25, -0.2) is 4.98 Å². The molecule has 2 atom stereocenters. The van der Waals surface area contributed by atoms with Gasteiger partial charge in [-0.1, -0.05) is 6.42 Å². The van der Waals surface area contributed by atoms with E-state index in [9.17, 15) is 4.79 Å². The van der Waals surface area contributed by atoms with Gasteiger partial charge in [0.05, 0.1) is 6.20 Å². The number of hydrogen-bond acceptors (Lipinski definition) is 6. The highest BCUT2D eigenvalue weighted by atomic mass is 35.5. The van der Waals surface area contributed by atoms with Crippen LogP contribution in [0.2, 0.25) is 0 Å². The summed E-state index contributed by atoms with van der Waals surface area (Å²) in [6, 6.07) is 5.86. The standard InChI is InChI=1S/C17H19N3O3S.ClH/c18-7-11-2-1-3-12(11)20-16(21)15-8-19-17(24-15)10-4-5-13-14(6-10)23-9-22-13;/h4-6,8,11-12H,1-3,7,9,18H2,(H,20,21);1H. The molecule has 3 N–H and O–H groups in total. The van der Waals surface area contributed by atoms with Crippen molar-refractivity contribution in [2.45, 2.75) is 25.3 Å². The van der Waals surface area contributed by atoms with Crippen LogP contribution in [0.5, 0.6) is 11.5 Å².